The number of hydrogen-bond donors (Lipinski definition) is 0. The summed E-state index contributed by atoms with van der Waals surface area (Å²) >= 11 is 0. The number of benzene rings is 1. The van der Waals surface area contributed by atoms with Crippen LogP contribution in [0.1, 0.15) is 5.56 Å². The third-order valence-corrected chi connectivity index (χ3v) is 4.07. The zero-order valence-corrected chi connectivity index (χ0v) is 13.7. The van der Waals surface area contributed by atoms with Crippen LogP contribution >= 0.6 is 0 Å². The molecule has 124 valence electrons. The minimum atomic E-state index is -0.0987. The minimum Gasteiger partial charge on any atom is -0.364 e. The zero-order chi connectivity index (χ0) is 17.2. The summed E-state index contributed by atoms with van der Waals surface area (Å²) in [5.41, 5.74) is 4.24. The first kappa shape index (κ1) is 15.1. The largest absolute Gasteiger partial charge is 0.364 e. The van der Waals surface area contributed by atoms with E-state index in [1.165, 1.54) is 11.8 Å². The molecule has 0 N–H and O–H groups in total. The number of rotatable bonds is 4. The third-order valence-electron chi connectivity index (χ3n) is 4.07. The normalized spacial score (nSPS) is 10.9. The maximum Gasteiger partial charge on any atom is 0.250 e. The lowest BCUT2D eigenvalue weighted by atomic mass is 10.0. The molecule has 4 rings (SSSR count). The molecule has 0 radical (unpaired) electrons. The van der Waals surface area contributed by atoms with Gasteiger partial charge in [0.2, 0.25) is 0 Å². The monoisotopic (exact) mass is 332 g/mol. The predicted octanol–water partition coefficient (Wildman–Crippen LogP) is 2.95. The van der Waals surface area contributed by atoms with Crippen LogP contribution < -0.4 is 5.56 Å². The summed E-state index contributed by atoms with van der Waals surface area (Å²) < 4.78 is 8.36. The van der Waals surface area contributed by atoms with Crippen molar-refractivity contribution in [1.29, 1.82) is 0 Å². The van der Waals surface area contributed by atoms with E-state index in [0.29, 0.717) is 12.2 Å². The van der Waals surface area contributed by atoms with Crippen LogP contribution in [0.25, 0.3) is 22.4 Å². The molecular formula is C19H16N4O2. The number of aromatic nitrogens is 4. The van der Waals surface area contributed by atoms with Crippen molar-refractivity contribution in [2.24, 2.45) is 7.05 Å². The van der Waals surface area contributed by atoms with Gasteiger partial charge in [0, 0.05) is 48.3 Å². The van der Waals surface area contributed by atoms with Crippen LogP contribution in [-0.4, -0.2) is 19.5 Å². The quantitative estimate of drug-likeness (QED) is 0.576. The topological polar surface area (TPSA) is 65.8 Å². The van der Waals surface area contributed by atoms with Crippen molar-refractivity contribution in [2.45, 2.75) is 6.54 Å². The first-order valence-corrected chi connectivity index (χ1v) is 7.89. The molecule has 0 saturated carbocycles. The highest BCUT2D eigenvalue weighted by atomic mass is 16.5. The smallest absolute Gasteiger partial charge is 0.250 e. The second kappa shape index (κ2) is 6.24. The fourth-order valence-electron chi connectivity index (χ4n) is 2.78. The van der Waals surface area contributed by atoms with Crippen LogP contribution in [0.3, 0.4) is 0 Å². The maximum absolute atomic E-state index is 12.0. The van der Waals surface area contributed by atoms with E-state index in [4.69, 9.17) is 4.52 Å². The lowest BCUT2D eigenvalue weighted by Gasteiger charge is -2.07. The fourth-order valence-corrected chi connectivity index (χ4v) is 2.78. The Labute approximate surface area is 143 Å². The molecule has 3 heterocycles. The summed E-state index contributed by atoms with van der Waals surface area (Å²) in [6, 6.07) is 13.5. The molecule has 0 saturated heterocycles. The molecule has 0 unspecified atom stereocenters. The van der Waals surface area contributed by atoms with Gasteiger partial charge in [0.05, 0.1) is 12.7 Å². The molecule has 0 aliphatic carbocycles. The Hall–Kier alpha value is -3.41. The van der Waals surface area contributed by atoms with Gasteiger partial charge >= 0.3 is 0 Å². The van der Waals surface area contributed by atoms with Gasteiger partial charge in [-0.3, -0.25) is 9.48 Å². The van der Waals surface area contributed by atoms with Gasteiger partial charge in [-0.2, -0.15) is 5.10 Å². The average Bonchev–Trinajstić information content (AvgIpc) is 3.30. The SMILES string of the molecule is Cn1cc(-c2cnn(Cc3ccccc3)c2)c(-c2ccon2)cc1=O. The first-order chi connectivity index (χ1) is 12.2. The van der Waals surface area contributed by atoms with Crippen LogP contribution in [0.15, 0.2) is 76.6 Å². The van der Waals surface area contributed by atoms with Crippen molar-refractivity contribution in [3.05, 3.63) is 83.2 Å². The molecule has 25 heavy (non-hydrogen) atoms. The van der Waals surface area contributed by atoms with Crippen molar-refractivity contribution < 1.29 is 4.52 Å². The van der Waals surface area contributed by atoms with E-state index in [1.54, 1.807) is 36.1 Å². The molecule has 0 aliphatic heterocycles. The Morgan fingerprint density at radius 3 is 2.68 bits per heavy atom. The van der Waals surface area contributed by atoms with Gasteiger partial charge in [-0.25, -0.2) is 0 Å². The van der Waals surface area contributed by atoms with E-state index in [0.717, 1.165) is 16.7 Å². The van der Waals surface area contributed by atoms with E-state index < -0.39 is 0 Å². The summed E-state index contributed by atoms with van der Waals surface area (Å²) in [6.07, 6.45) is 7.06. The Balaban J connectivity index is 1.75. The highest BCUT2D eigenvalue weighted by molar-refractivity contribution is 5.80. The molecule has 6 heteroatoms. The van der Waals surface area contributed by atoms with Gasteiger partial charge in [-0.15, -0.1) is 0 Å². The van der Waals surface area contributed by atoms with Crippen LogP contribution in [0.4, 0.5) is 0 Å². The molecule has 0 fully saturated rings. The van der Waals surface area contributed by atoms with Crippen LogP contribution in [0, 0.1) is 0 Å². The van der Waals surface area contributed by atoms with Crippen LogP contribution in [0.5, 0.6) is 0 Å². The number of pyridine rings is 1. The summed E-state index contributed by atoms with van der Waals surface area (Å²) in [7, 11) is 1.73. The van der Waals surface area contributed by atoms with Crippen LogP contribution in [0.2, 0.25) is 0 Å². The van der Waals surface area contributed by atoms with Gasteiger partial charge in [0.15, 0.2) is 0 Å². The molecule has 0 amide bonds. The number of nitrogens with zero attached hydrogens (tertiary/aromatic N) is 4. The Morgan fingerprint density at radius 1 is 1.08 bits per heavy atom. The molecule has 0 spiro atoms. The molecule has 0 atom stereocenters. The third kappa shape index (κ3) is 3.01. The molecule has 4 aromatic rings. The average molecular weight is 332 g/mol. The van der Waals surface area contributed by atoms with Crippen molar-refractivity contribution in [1.82, 2.24) is 19.5 Å². The fraction of sp³-hybridized carbons (Fsp3) is 0.105. The van der Waals surface area contributed by atoms with Gasteiger partial charge in [-0.1, -0.05) is 35.5 Å². The molecule has 6 nitrogen and oxygen atoms in total. The summed E-state index contributed by atoms with van der Waals surface area (Å²) in [6.45, 7) is 0.686. The highest BCUT2D eigenvalue weighted by Gasteiger charge is 2.14. The Kier molecular flexibility index (Phi) is 3.78. The van der Waals surface area contributed by atoms with E-state index in [-0.39, 0.29) is 5.56 Å². The van der Waals surface area contributed by atoms with Crippen molar-refractivity contribution in [3.8, 4) is 22.4 Å². The molecule has 0 aliphatic rings. The molecular weight excluding hydrogens is 316 g/mol. The molecule has 1 aromatic carbocycles. The van der Waals surface area contributed by atoms with Gasteiger partial charge < -0.3 is 9.09 Å². The Bertz CT molecular complexity index is 1050. The van der Waals surface area contributed by atoms with Gasteiger partial charge in [-0.05, 0) is 5.56 Å². The van der Waals surface area contributed by atoms with E-state index in [1.807, 2.05) is 29.1 Å². The molecule has 3 aromatic heterocycles. The number of hydrogen-bond acceptors (Lipinski definition) is 4. The van der Waals surface area contributed by atoms with Crippen molar-refractivity contribution in [3.63, 3.8) is 0 Å². The van der Waals surface area contributed by atoms with Crippen molar-refractivity contribution in [2.75, 3.05) is 0 Å². The predicted molar refractivity (Wildman–Crippen MR) is 93.9 cm³/mol. The van der Waals surface area contributed by atoms with Crippen molar-refractivity contribution >= 4 is 0 Å². The summed E-state index contributed by atoms with van der Waals surface area (Å²) in [4.78, 5) is 12.0. The van der Waals surface area contributed by atoms with E-state index >= 15 is 0 Å². The summed E-state index contributed by atoms with van der Waals surface area (Å²) in [5.74, 6) is 0. The van der Waals surface area contributed by atoms with E-state index in [2.05, 4.69) is 22.4 Å². The van der Waals surface area contributed by atoms with Gasteiger partial charge in [0.1, 0.15) is 12.0 Å². The minimum absolute atomic E-state index is 0.0987. The highest BCUT2D eigenvalue weighted by Crippen LogP contribution is 2.29. The summed E-state index contributed by atoms with van der Waals surface area (Å²) in [5, 5.41) is 8.42. The zero-order valence-electron chi connectivity index (χ0n) is 13.7. The number of aryl methyl sites for hydroxylation is 1. The lowest BCUT2D eigenvalue weighted by Crippen LogP contribution is -2.15. The van der Waals surface area contributed by atoms with E-state index in [9.17, 15) is 4.79 Å². The first-order valence-electron chi connectivity index (χ1n) is 7.89. The standard InChI is InChI=1S/C19H16N4O2/c1-22-13-17(16(9-19(22)24)18-7-8-25-21-18)15-10-20-23(12-15)11-14-5-3-2-4-6-14/h2-10,12-13H,11H2,1H3. The lowest BCUT2D eigenvalue weighted by molar-refractivity contribution is 0.422. The Morgan fingerprint density at radius 2 is 1.92 bits per heavy atom. The van der Waals surface area contributed by atoms with Crippen LogP contribution in [-0.2, 0) is 13.6 Å². The molecule has 0 bridgehead atoms. The van der Waals surface area contributed by atoms with Gasteiger partial charge in [0.25, 0.3) is 5.56 Å². The second-order valence-corrected chi connectivity index (χ2v) is 5.85. The maximum atomic E-state index is 12.0. The second-order valence-electron chi connectivity index (χ2n) is 5.85.